The van der Waals surface area contributed by atoms with E-state index in [9.17, 15) is 14.6 Å². The minimum absolute atomic E-state index is 0.00401. The summed E-state index contributed by atoms with van der Waals surface area (Å²) in [4.78, 5) is 0. The highest BCUT2D eigenvalue weighted by molar-refractivity contribution is 6.42. The molecule has 0 heterocycles. The Balaban J connectivity index is 2.96. The van der Waals surface area contributed by atoms with Crippen molar-refractivity contribution in [1.82, 2.24) is 0 Å². The van der Waals surface area contributed by atoms with E-state index < -0.39 is 18.0 Å². The fraction of sp³-hybridized carbons (Fsp3) is 0.400. The quantitative estimate of drug-likeness (QED) is 0.730. The lowest BCUT2D eigenvalue weighted by Crippen LogP contribution is -2.21. The first-order chi connectivity index (χ1) is 7.47. The van der Waals surface area contributed by atoms with Crippen molar-refractivity contribution >= 4 is 23.2 Å². The molecular weight excluding hydrogens is 256 g/mol. The van der Waals surface area contributed by atoms with Gasteiger partial charge < -0.3 is 15.9 Å². The van der Waals surface area contributed by atoms with Crippen molar-refractivity contribution in [2.75, 3.05) is 6.54 Å². The van der Waals surface area contributed by atoms with Crippen LogP contribution >= 0.6 is 23.2 Å². The van der Waals surface area contributed by atoms with Crippen LogP contribution in [-0.4, -0.2) is 22.9 Å². The molecule has 0 amide bonds. The van der Waals surface area contributed by atoms with Crippen LogP contribution in [0.2, 0.25) is 10.0 Å². The average Bonchev–Trinajstić information content (AvgIpc) is 2.24. The van der Waals surface area contributed by atoms with E-state index in [-0.39, 0.29) is 28.6 Å². The maximum Gasteiger partial charge on any atom is 0.143 e. The molecule has 0 aliphatic rings. The lowest BCUT2D eigenvalue weighted by atomic mass is 10.0. The lowest BCUT2D eigenvalue weighted by Gasteiger charge is -2.18. The predicted molar refractivity (Wildman–Crippen MR) is 61.1 cm³/mol. The van der Waals surface area contributed by atoms with Gasteiger partial charge in [-0.15, -0.1) is 0 Å². The molecule has 1 aromatic carbocycles. The zero-order valence-corrected chi connectivity index (χ0v) is 9.84. The van der Waals surface area contributed by atoms with E-state index in [1.54, 1.807) is 0 Å². The van der Waals surface area contributed by atoms with Crippen LogP contribution in [0.5, 0.6) is 0 Å². The second kappa shape index (κ2) is 5.80. The van der Waals surface area contributed by atoms with Gasteiger partial charge in [-0.25, -0.2) is 4.39 Å². The van der Waals surface area contributed by atoms with E-state index in [2.05, 4.69) is 0 Å². The molecule has 16 heavy (non-hydrogen) atoms. The minimum atomic E-state index is -1.23. The molecule has 3 nitrogen and oxygen atoms in total. The van der Waals surface area contributed by atoms with Crippen molar-refractivity contribution in [3.8, 4) is 0 Å². The van der Waals surface area contributed by atoms with E-state index >= 15 is 0 Å². The Morgan fingerprint density at radius 1 is 1.31 bits per heavy atom. The standard InChI is InChI=1S/C10H12Cl2FNO2/c11-6-3-5(4-7(13)9(6)12)10(16)8(15)1-2-14/h3-4,8,10,15-16H,1-2,14H2. The molecule has 0 spiro atoms. The second-order valence-corrected chi connectivity index (χ2v) is 4.17. The third-order valence-electron chi connectivity index (χ3n) is 2.17. The second-order valence-electron chi connectivity index (χ2n) is 3.39. The van der Waals surface area contributed by atoms with Gasteiger partial charge in [0.25, 0.3) is 0 Å². The molecule has 2 unspecified atom stereocenters. The number of rotatable bonds is 4. The summed E-state index contributed by atoms with van der Waals surface area (Å²) >= 11 is 11.2. The van der Waals surface area contributed by atoms with Crippen molar-refractivity contribution in [2.24, 2.45) is 5.73 Å². The molecular formula is C10H12Cl2FNO2. The van der Waals surface area contributed by atoms with Gasteiger partial charge in [0.05, 0.1) is 16.1 Å². The van der Waals surface area contributed by atoms with Gasteiger partial charge in [0, 0.05) is 0 Å². The fourth-order valence-electron chi connectivity index (χ4n) is 1.30. The van der Waals surface area contributed by atoms with Crippen LogP contribution in [0.4, 0.5) is 4.39 Å². The van der Waals surface area contributed by atoms with Gasteiger partial charge in [-0.2, -0.15) is 0 Å². The molecule has 4 N–H and O–H groups in total. The van der Waals surface area contributed by atoms with E-state index in [0.29, 0.717) is 0 Å². The van der Waals surface area contributed by atoms with Crippen LogP contribution in [0.1, 0.15) is 18.1 Å². The molecule has 1 rings (SSSR count). The van der Waals surface area contributed by atoms with Crippen LogP contribution < -0.4 is 5.73 Å². The minimum Gasteiger partial charge on any atom is -0.390 e. The van der Waals surface area contributed by atoms with Crippen LogP contribution in [0.25, 0.3) is 0 Å². The number of halogens is 3. The van der Waals surface area contributed by atoms with Gasteiger partial charge >= 0.3 is 0 Å². The highest BCUT2D eigenvalue weighted by atomic mass is 35.5. The molecule has 0 saturated heterocycles. The van der Waals surface area contributed by atoms with Crippen molar-refractivity contribution in [2.45, 2.75) is 18.6 Å². The summed E-state index contributed by atoms with van der Waals surface area (Å²) < 4.78 is 13.2. The molecule has 0 fully saturated rings. The molecule has 0 aliphatic carbocycles. The van der Waals surface area contributed by atoms with E-state index in [1.165, 1.54) is 6.07 Å². The van der Waals surface area contributed by atoms with Crippen molar-refractivity contribution in [3.63, 3.8) is 0 Å². The first-order valence-corrected chi connectivity index (χ1v) is 5.43. The topological polar surface area (TPSA) is 66.5 Å². The Morgan fingerprint density at radius 2 is 1.94 bits per heavy atom. The first kappa shape index (κ1) is 13.7. The Morgan fingerprint density at radius 3 is 2.44 bits per heavy atom. The predicted octanol–water partition coefficient (Wildman–Crippen LogP) is 1.88. The molecule has 6 heteroatoms. The van der Waals surface area contributed by atoms with Crippen molar-refractivity contribution in [3.05, 3.63) is 33.6 Å². The van der Waals surface area contributed by atoms with Gasteiger partial charge in [-0.05, 0) is 30.7 Å². The van der Waals surface area contributed by atoms with Gasteiger partial charge in [-0.1, -0.05) is 23.2 Å². The normalized spacial score (nSPS) is 14.9. The fourth-order valence-corrected chi connectivity index (χ4v) is 1.62. The third kappa shape index (κ3) is 3.06. The van der Waals surface area contributed by atoms with Gasteiger partial charge in [0.2, 0.25) is 0 Å². The SMILES string of the molecule is NCCC(O)C(O)c1cc(F)c(Cl)c(Cl)c1. The summed E-state index contributed by atoms with van der Waals surface area (Å²) in [6, 6.07) is 2.36. The number of nitrogens with two attached hydrogens (primary N) is 1. The lowest BCUT2D eigenvalue weighted by molar-refractivity contribution is 0.0149. The Bertz CT molecular complexity index is 353. The number of aliphatic hydroxyl groups excluding tert-OH is 2. The molecule has 90 valence electrons. The number of hydrogen-bond acceptors (Lipinski definition) is 3. The Labute approximate surface area is 103 Å². The number of hydrogen-bond donors (Lipinski definition) is 3. The molecule has 0 aromatic heterocycles. The van der Waals surface area contributed by atoms with Crippen LogP contribution in [0.15, 0.2) is 12.1 Å². The maximum atomic E-state index is 13.2. The van der Waals surface area contributed by atoms with Crippen molar-refractivity contribution in [1.29, 1.82) is 0 Å². The van der Waals surface area contributed by atoms with E-state index in [0.717, 1.165) is 6.07 Å². The van der Waals surface area contributed by atoms with Gasteiger partial charge in [-0.3, -0.25) is 0 Å². The molecule has 0 saturated carbocycles. The van der Waals surface area contributed by atoms with E-state index in [1.807, 2.05) is 0 Å². The highest BCUT2D eigenvalue weighted by Crippen LogP contribution is 2.30. The summed E-state index contributed by atoms with van der Waals surface area (Å²) in [6.45, 7) is 0.224. The Kier molecular flexibility index (Phi) is 4.95. The molecule has 2 atom stereocenters. The van der Waals surface area contributed by atoms with Gasteiger partial charge in [0.1, 0.15) is 11.9 Å². The summed E-state index contributed by atoms with van der Waals surface area (Å²) in [6.07, 6.45) is -2.07. The average molecular weight is 268 g/mol. The summed E-state index contributed by atoms with van der Waals surface area (Å²) in [7, 11) is 0. The maximum absolute atomic E-state index is 13.2. The monoisotopic (exact) mass is 267 g/mol. The third-order valence-corrected chi connectivity index (χ3v) is 2.95. The summed E-state index contributed by atoms with van der Waals surface area (Å²) in [5.74, 6) is -0.733. The molecule has 0 aliphatic heterocycles. The number of aliphatic hydroxyl groups is 2. The number of benzene rings is 1. The first-order valence-electron chi connectivity index (χ1n) is 4.68. The van der Waals surface area contributed by atoms with Crippen molar-refractivity contribution < 1.29 is 14.6 Å². The Hall–Kier alpha value is -0.390. The molecule has 1 aromatic rings. The largest absolute Gasteiger partial charge is 0.390 e. The van der Waals surface area contributed by atoms with Crippen LogP contribution in [0, 0.1) is 5.82 Å². The van der Waals surface area contributed by atoms with E-state index in [4.69, 9.17) is 28.9 Å². The van der Waals surface area contributed by atoms with Crippen LogP contribution in [-0.2, 0) is 0 Å². The smallest absolute Gasteiger partial charge is 0.143 e. The molecule has 0 radical (unpaired) electrons. The summed E-state index contributed by atoms with van der Waals surface area (Å²) in [5.41, 5.74) is 5.41. The molecule has 0 bridgehead atoms. The van der Waals surface area contributed by atoms with Gasteiger partial charge in [0.15, 0.2) is 0 Å². The van der Waals surface area contributed by atoms with Crippen LogP contribution in [0.3, 0.4) is 0 Å². The highest BCUT2D eigenvalue weighted by Gasteiger charge is 2.20. The zero-order chi connectivity index (χ0) is 12.3. The zero-order valence-electron chi connectivity index (χ0n) is 8.33. The summed E-state index contributed by atoms with van der Waals surface area (Å²) in [5, 5.41) is 19.0.